The fourth-order valence-corrected chi connectivity index (χ4v) is 9.32. The summed E-state index contributed by atoms with van der Waals surface area (Å²) in [6.07, 6.45) is 4.89. The van der Waals surface area contributed by atoms with E-state index in [1.165, 1.54) is 27.6 Å². The number of fused-ring (bicyclic) bond motifs is 2. The molecule has 2 heteroatoms. The average Bonchev–Trinajstić information content (AvgIpc) is 3.28. The van der Waals surface area contributed by atoms with Gasteiger partial charge in [-0.05, 0) is 0 Å². The Balaban J connectivity index is 1.52. The summed E-state index contributed by atoms with van der Waals surface area (Å²) in [5, 5.41) is 3.03. The predicted molar refractivity (Wildman–Crippen MR) is 124 cm³/mol. The van der Waals surface area contributed by atoms with Gasteiger partial charge in [0, 0.05) is 0 Å². The third-order valence-electron chi connectivity index (χ3n) is 6.25. The molecular weight excluding hydrogens is 403 g/mol. The molecule has 3 unspecified atom stereocenters. The predicted octanol–water partition coefficient (Wildman–Crippen LogP) is 6.94. The van der Waals surface area contributed by atoms with E-state index < -0.39 is 0 Å². The summed E-state index contributed by atoms with van der Waals surface area (Å²) in [6.45, 7) is 6.94. The Morgan fingerprint density at radius 1 is 0.793 bits per heavy atom. The van der Waals surface area contributed by atoms with Crippen molar-refractivity contribution in [3.05, 3.63) is 112 Å². The van der Waals surface area contributed by atoms with Gasteiger partial charge in [0.25, 0.3) is 0 Å². The van der Waals surface area contributed by atoms with E-state index in [1.807, 2.05) is 0 Å². The van der Waals surface area contributed by atoms with Crippen molar-refractivity contribution in [3.63, 3.8) is 0 Å². The summed E-state index contributed by atoms with van der Waals surface area (Å²) in [4.78, 5) is 0. The third kappa shape index (κ3) is 3.42. The van der Waals surface area contributed by atoms with Gasteiger partial charge in [0.2, 0.25) is 0 Å². The van der Waals surface area contributed by atoms with E-state index in [0.29, 0.717) is 8.45 Å². The number of benzene rings is 3. The van der Waals surface area contributed by atoms with E-state index in [9.17, 15) is 0 Å². The number of rotatable bonds is 4. The molecule has 3 atom stereocenters. The molecule has 0 fully saturated rings. The second kappa shape index (κ2) is 7.84. The van der Waals surface area contributed by atoms with Gasteiger partial charge in [-0.2, -0.15) is 0 Å². The van der Waals surface area contributed by atoms with Crippen LogP contribution in [0.15, 0.2) is 78.4 Å². The van der Waals surface area contributed by atoms with Gasteiger partial charge >= 0.3 is 185 Å². The van der Waals surface area contributed by atoms with Gasteiger partial charge in [0.1, 0.15) is 0 Å². The van der Waals surface area contributed by atoms with Gasteiger partial charge in [-0.3, -0.25) is 0 Å². The molecule has 0 nitrogen and oxygen atoms in total. The van der Waals surface area contributed by atoms with E-state index in [1.54, 1.807) is 22.0 Å². The van der Waals surface area contributed by atoms with Crippen molar-refractivity contribution >= 4 is 25.3 Å². The molecule has 0 amide bonds. The average molecular weight is 428 g/mol. The van der Waals surface area contributed by atoms with Crippen molar-refractivity contribution in [3.8, 4) is 0 Å². The maximum atomic E-state index is 2.50. The van der Waals surface area contributed by atoms with E-state index in [-0.39, 0.29) is 19.2 Å². The molecule has 29 heavy (non-hydrogen) atoms. The number of allylic oxidation sites excluding steroid dienone is 2. The van der Waals surface area contributed by atoms with Crippen molar-refractivity contribution in [1.29, 1.82) is 0 Å². The van der Waals surface area contributed by atoms with Crippen molar-refractivity contribution in [2.45, 2.75) is 29.2 Å². The van der Waals surface area contributed by atoms with Gasteiger partial charge in [0.05, 0.1) is 0 Å². The molecule has 3 aromatic rings. The Hall–Kier alpha value is -1.72. The molecule has 5 rings (SSSR count). The first-order chi connectivity index (χ1) is 14.1. The normalized spacial score (nSPS) is 19.8. The molecule has 0 N–H and O–H groups in total. The fourth-order valence-electron chi connectivity index (χ4n) is 4.71. The second-order valence-electron chi connectivity index (χ2n) is 8.10. The summed E-state index contributed by atoms with van der Waals surface area (Å²) in [6, 6.07) is 24.7. The first kappa shape index (κ1) is 19.3. The van der Waals surface area contributed by atoms with Gasteiger partial charge in [-0.15, -0.1) is 0 Å². The SMILES string of the molecule is CC1=C(Pc2ccccc2)c2ccccc2[CH]1[Ti][CH]1C=Cc2c(C)ccc(C)c21. The minimum atomic E-state index is -0.243. The fraction of sp³-hybridized carbons (Fsp3) is 0.185. The molecule has 0 aromatic heterocycles. The van der Waals surface area contributed by atoms with Crippen LogP contribution in [-0.4, -0.2) is 0 Å². The molecular formula is C27H25PTi. The van der Waals surface area contributed by atoms with Gasteiger partial charge in [-0.25, -0.2) is 0 Å². The van der Waals surface area contributed by atoms with Gasteiger partial charge in [-0.1, -0.05) is 0 Å². The van der Waals surface area contributed by atoms with Crippen molar-refractivity contribution < 1.29 is 19.2 Å². The zero-order valence-corrected chi connectivity index (χ0v) is 19.7. The summed E-state index contributed by atoms with van der Waals surface area (Å²) in [5.41, 5.74) is 10.7. The Labute approximate surface area is 184 Å². The van der Waals surface area contributed by atoms with Gasteiger partial charge < -0.3 is 0 Å². The van der Waals surface area contributed by atoms with Crippen LogP contribution in [0, 0.1) is 13.8 Å². The first-order valence-electron chi connectivity index (χ1n) is 10.3. The van der Waals surface area contributed by atoms with Crippen LogP contribution in [-0.2, 0) is 19.2 Å². The Morgan fingerprint density at radius 2 is 1.52 bits per heavy atom. The molecule has 0 aliphatic heterocycles. The Morgan fingerprint density at radius 3 is 2.34 bits per heavy atom. The van der Waals surface area contributed by atoms with Crippen LogP contribution in [0.1, 0.15) is 48.7 Å². The summed E-state index contributed by atoms with van der Waals surface area (Å²) >= 11 is -0.243. The zero-order valence-electron chi connectivity index (χ0n) is 17.2. The second-order valence-corrected chi connectivity index (χ2v) is 11.8. The zero-order chi connectivity index (χ0) is 20.0. The number of hydrogen-bond acceptors (Lipinski definition) is 0. The molecule has 3 aromatic carbocycles. The van der Waals surface area contributed by atoms with E-state index >= 15 is 0 Å². The molecule has 2 aliphatic rings. The summed E-state index contributed by atoms with van der Waals surface area (Å²) < 4.78 is 1.27. The van der Waals surface area contributed by atoms with E-state index in [0.717, 1.165) is 8.58 Å². The number of hydrogen-bond donors (Lipinski definition) is 0. The summed E-state index contributed by atoms with van der Waals surface area (Å²) in [7, 11) is 0.745. The quantitative estimate of drug-likeness (QED) is 0.312. The van der Waals surface area contributed by atoms with Crippen molar-refractivity contribution in [2.75, 3.05) is 0 Å². The number of aryl methyl sites for hydroxylation is 2. The molecule has 2 aliphatic carbocycles. The molecule has 0 radical (unpaired) electrons. The van der Waals surface area contributed by atoms with E-state index in [4.69, 9.17) is 0 Å². The van der Waals surface area contributed by atoms with Crippen LogP contribution in [0.3, 0.4) is 0 Å². The van der Waals surface area contributed by atoms with E-state index in [2.05, 4.69) is 99.7 Å². The molecule has 0 saturated carbocycles. The molecule has 0 heterocycles. The summed E-state index contributed by atoms with van der Waals surface area (Å²) in [5.74, 6) is 0. The maximum absolute atomic E-state index is 2.50. The monoisotopic (exact) mass is 428 g/mol. The topological polar surface area (TPSA) is 0 Å². The van der Waals surface area contributed by atoms with Gasteiger partial charge in [0.15, 0.2) is 0 Å². The van der Waals surface area contributed by atoms with Crippen molar-refractivity contribution in [1.82, 2.24) is 0 Å². The van der Waals surface area contributed by atoms with Crippen LogP contribution in [0.5, 0.6) is 0 Å². The van der Waals surface area contributed by atoms with Crippen LogP contribution >= 0.6 is 8.58 Å². The van der Waals surface area contributed by atoms with Crippen molar-refractivity contribution in [2.24, 2.45) is 0 Å². The van der Waals surface area contributed by atoms with Crippen LogP contribution in [0.2, 0.25) is 0 Å². The van der Waals surface area contributed by atoms with Crippen LogP contribution < -0.4 is 5.30 Å². The Kier molecular flexibility index (Phi) is 5.21. The molecule has 0 bridgehead atoms. The first-order valence-corrected chi connectivity index (χ1v) is 13.1. The Bertz CT molecular complexity index is 1140. The molecule has 0 saturated heterocycles. The van der Waals surface area contributed by atoms with Crippen LogP contribution in [0.25, 0.3) is 11.4 Å². The molecule has 142 valence electrons. The third-order valence-corrected chi connectivity index (χ3v) is 10.8. The molecule has 0 spiro atoms. The minimum absolute atomic E-state index is 0.243. The standard InChI is InChI=1S/C16H14P.C11H11.Ti/c1-12-11-13-7-5-6-10-15(13)16(12)17-14-8-3-2-4-9-14;1-8-6-7-9(2)11-5-3-4-10(8)11;/h2-11,17H,1H3;3-7H,1-2H3;. The van der Waals surface area contributed by atoms with Crippen LogP contribution in [0.4, 0.5) is 0 Å².